The average Bonchev–Trinajstić information content (AvgIpc) is 2.16. The van der Waals surface area contributed by atoms with Crippen LogP contribution in [0.15, 0.2) is 18.2 Å². The molecule has 0 bridgehead atoms. The number of rotatable bonds is 3. The normalized spacial score (nSPS) is 10.3. The molecule has 0 aliphatic heterocycles. The average molecular weight is 194 g/mol. The lowest BCUT2D eigenvalue weighted by Crippen LogP contribution is -2.13. The molecule has 76 valence electrons. The first kappa shape index (κ1) is 10.7. The minimum atomic E-state index is -0.398. The van der Waals surface area contributed by atoms with E-state index in [1.54, 1.807) is 12.1 Å². The van der Waals surface area contributed by atoms with Gasteiger partial charge in [-0.05, 0) is 26.2 Å². The van der Waals surface area contributed by atoms with Gasteiger partial charge < -0.3 is 9.64 Å². The van der Waals surface area contributed by atoms with Gasteiger partial charge in [0.05, 0.1) is 12.8 Å². The number of carbonyl (C=O) groups excluding carboxylic acids is 1. The topological polar surface area (TPSA) is 42.4 Å². The van der Waals surface area contributed by atoms with Crippen molar-refractivity contribution >= 4 is 5.97 Å². The number of nitrogens with zero attached hydrogens (tertiary/aromatic N) is 2. The summed E-state index contributed by atoms with van der Waals surface area (Å²) in [6.45, 7) is 0.713. The molecule has 0 saturated carbocycles. The zero-order valence-electron chi connectivity index (χ0n) is 8.65. The fourth-order valence-corrected chi connectivity index (χ4v) is 1.11. The number of methoxy groups -OCH3 is 1. The number of hydrogen-bond acceptors (Lipinski definition) is 4. The molecule has 0 saturated heterocycles. The molecule has 0 unspecified atom stereocenters. The third kappa shape index (κ3) is 2.81. The van der Waals surface area contributed by atoms with E-state index in [1.165, 1.54) is 7.11 Å². The third-order valence-corrected chi connectivity index (χ3v) is 1.68. The van der Waals surface area contributed by atoms with E-state index in [1.807, 2.05) is 25.1 Å². The minimum absolute atomic E-state index is 0.354. The number of pyridine rings is 1. The van der Waals surface area contributed by atoms with E-state index in [-0.39, 0.29) is 0 Å². The zero-order chi connectivity index (χ0) is 10.6. The van der Waals surface area contributed by atoms with Gasteiger partial charge in [-0.2, -0.15) is 0 Å². The van der Waals surface area contributed by atoms with Crippen LogP contribution in [0.2, 0.25) is 0 Å². The molecule has 0 amide bonds. The summed E-state index contributed by atoms with van der Waals surface area (Å²) in [4.78, 5) is 17.3. The standard InChI is InChI=1S/C10H14N2O2/c1-12(2)7-8-5-4-6-9(11-8)10(13)14-3/h4-6H,7H2,1-3H3. The van der Waals surface area contributed by atoms with Crippen LogP contribution in [0.3, 0.4) is 0 Å². The highest BCUT2D eigenvalue weighted by Gasteiger charge is 2.07. The van der Waals surface area contributed by atoms with Crippen molar-refractivity contribution in [3.8, 4) is 0 Å². The van der Waals surface area contributed by atoms with Crippen molar-refractivity contribution in [2.75, 3.05) is 21.2 Å². The molecule has 4 heteroatoms. The van der Waals surface area contributed by atoms with Gasteiger partial charge in [0.2, 0.25) is 0 Å². The molecule has 0 radical (unpaired) electrons. The highest BCUT2D eigenvalue weighted by Crippen LogP contribution is 2.02. The van der Waals surface area contributed by atoms with Gasteiger partial charge in [-0.15, -0.1) is 0 Å². The maximum absolute atomic E-state index is 11.2. The number of aromatic nitrogens is 1. The first-order valence-corrected chi connectivity index (χ1v) is 4.32. The van der Waals surface area contributed by atoms with Crippen LogP contribution in [-0.2, 0) is 11.3 Å². The van der Waals surface area contributed by atoms with Gasteiger partial charge >= 0.3 is 5.97 Å². The van der Waals surface area contributed by atoms with Gasteiger partial charge in [0.25, 0.3) is 0 Å². The smallest absolute Gasteiger partial charge is 0.356 e. The summed E-state index contributed by atoms with van der Waals surface area (Å²) in [5.74, 6) is -0.398. The van der Waals surface area contributed by atoms with Crippen molar-refractivity contribution in [2.24, 2.45) is 0 Å². The van der Waals surface area contributed by atoms with Crippen molar-refractivity contribution in [1.29, 1.82) is 0 Å². The lowest BCUT2D eigenvalue weighted by molar-refractivity contribution is 0.0593. The third-order valence-electron chi connectivity index (χ3n) is 1.68. The molecule has 0 aliphatic rings. The molecule has 1 heterocycles. The summed E-state index contributed by atoms with van der Waals surface area (Å²) in [7, 11) is 5.25. The molecule has 1 aromatic rings. The van der Waals surface area contributed by atoms with E-state index in [4.69, 9.17) is 0 Å². The van der Waals surface area contributed by atoms with Crippen molar-refractivity contribution < 1.29 is 9.53 Å². The summed E-state index contributed by atoms with van der Waals surface area (Å²) in [5, 5.41) is 0. The van der Waals surface area contributed by atoms with E-state index >= 15 is 0 Å². The second-order valence-electron chi connectivity index (χ2n) is 3.24. The Labute approximate surface area is 83.5 Å². The Morgan fingerprint density at radius 3 is 2.79 bits per heavy atom. The Morgan fingerprint density at radius 1 is 1.50 bits per heavy atom. The Kier molecular flexibility index (Phi) is 3.59. The van der Waals surface area contributed by atoms with Gasteiger partial charge in [0, 0.05) is 6.54 Å². The van der Waals surface area contributed by atoms with Crippen molar-refractivity contribution in [1.82, 2.24) is 9.88 Å². The minimum Gasteiger partial charge on any atom is -0.464 e. The first-order chi connectivity index (χ1) is 6.63. The number of esters is 1. The van der Waals surface area contributed by atoms with Crippen LogP contribution < -0.4 is 0 Å². The van der Waals surface area contributed by atoms with Crippen LogP contribution in [0, 0.1) is 0 Å². The van der Waals surface area contributed by atoms with Crippen LogP contribution in [0.5, 0.6) is 0 Å². The highest BCUT2D eigenvalue weighted by molar-refractivity contribution is 5.87. The first-order valence-electron chi connectivity index (χ1n) is 4.32. The molecule has 4 nitrogen and oxygen atoms in total. The summed E-state index contributed by atoms with van der Waals surface area (Å²) in [6, 6.07) is 5.33. The lowest BCUT2D eigenvalue weighted by atomic mass is 10.3. The van der Waals surface area contributed by atoms with Crippen molar-refractivity contribution in [3.05, 3.63) is 29.6 Å². The second kappa shape index (κ2) is 4.72. The molecular weight excluding hydrogens is 180 g/mol. The van der Waals surface area contributed by atoms with Crippen LogP contribution in [0.25, 0.3) is 0 Å². The van der Waals surface area contributed by atoms with Crippen LogP contribution in [0.4, 0.5) is 0 Å². The molecule has 0 atom stereocenters. The maximum atomic E-state index is 11.2. The summed E-state index contributed by atoms with van der Waals surface area (Å²) in [6.07, 6.45) is 0. The lowest BCUT2D eigenvalue weighted by Gasteiger charge is -2.09. The molecule has 0 aliphatic carbocycles. The van der Waals surface area contributed by atoms with Crippen LogP contribution >= 0.6 is 0 Å². The summed E-state index contributed by atoms with van der Waals surface area (Å²) >= 11 is 0. The van der Waals surface area contributed by atoms with E-state index in [0.29, 0.717) is 12.2 Å². The van der Waals surface area contributed by atoms with E-state index in [2.05, 4.69) is 9.72 Å². The zero-order valence-corrected chi connectivity index (χ0v) is 8.65. The maximum Gasteiger partial charge on any atom is 0.356 e. The van der Waals surface area contributed by atoms with Crippen LogP contribution in [-0.4, -0.2) is 37.1 Å². The van der Waals surface area contributed by atoms with Gasteiger partial charge in [-0.3, -0.25) is 0 Å². The Hall–Kier alpha value is -1.42. The van der Waals surface area contributed by atoms with Gasteiger partial charge in [-0.25, -0.2) is 9.78 Å². The Balaban J connectivity index is 2.84. The SMILES string of the molecule is COC(=O)c1cccc(CN(C)C)n1. The van der Waals surface area contributed by atoms with Crippen molar-refractivity contribution in [3.63, 3.8) is 0 Å². The molecule has 0 N–H and O–H groups in total. The fourth-order valence-electron chi connectivity index (χ4n) is 1.11. The molecule has 1 rings (SSSR count). The van der Waals surface area contributed by atoms with Gasteiger partial charge in [0.15, 0.2) is 0 Å². The Morgan fingerprint density at radius 2 is 2.21 bits per heavy atom. The van der Waals surface area contributed by atoms with Crippen molar-refractivity contribution in [2.45, 2.75) is 6.54 Å². The molecular formula is C10H14N2O2. The number of ether oxygens (including phenoxy) is 1. The predicted octanol–water partition coefficient (Wildman–Crippen LogP) is 0.930. The Bertz CT molecular complexity index is 324. The predicted molar refractivity (Wildman–Crippen MR) is 53.0 cm³/mol. The highest BCUT2D eigenvalue weighted by atomic mass is 16.5. The molecule has 0 spiro atoms. The largest absolute Gasteiger partial charge is 0.464 e. The van der Waals surface area contributed by atoms with Gasteiger partial charge in [0.1, 0.15) is 5.69 Å². The van der Waals surface area contributed by atoms with E-state index in [0.717, 1.165) is 5.69 Å². The monoisotopic (exact) mass is 194 g/mol. The quantitative estimate of drug-likeness (QED) is 0.671. The number of hydrogen-bond donors (Lipinski definition) is 0. The molecule has 14 heavy (non-hydrogen) atoms. The summed E-state index contributed by atoms with van der Waals surface area (Å²) in [5.41, 5.74) is 1.21. The summed E-state index contributed by atoms with van der Waals surface area (Å²) < 4.78 is 4.58. The molecule has 1 aromatic heterocycles. The molecule has 0 aromatic carbocycles. The molecule has 0 fully saturated rings. The van der Waals surface area contributed by atoms with Gasteiger partial charge in [-0.1, -0.05) is 6.07 Å². The van der Waals surface area contributed by atoms with Crippen LogP contribution in [0.1, 0.15) is 16.2 Å². The fraction of sp³-hybridized carbons (Fsp3) is 0.400. The second-order valence-corrected chi connectivity index (χ2v) is 3.24. The number of carbonyl (C=O) groups is 1. The van der Waals surface area contributed by atoms with E-state index < -0.39 is 5.97 Å². The van der Waals surface area contributed by atoms with E-state index in [9.17, 15) is 4.79 Å².